The molecule has 1 heterocycles. The van der Waals surface area contributed by atoms with Crippen molar-refractivity contribution in [1.29, 1.82) is 0 Å². The number of cyclic esters (lactones) is 1. The molecule has 1 aliphatic heterocycles. The molecule has 0 unspecified atom stereocenters. The van der Waals surface area contributed by atoms with E-state index >= 15 is 0 Å². The van der Waals surface area contributed by atoms with Crippen LogP contribution in [-0.2, 0) is 9.53 Å². The number of unbranched alkanes of at least 4 members (excludes halogenated alkanes) is 4. The Hall–Kier alpha value is 0.390. The van der Waals surface area contributed by atoms with Crippen molar-refractivity contribution in [3.8, 4) is 0 Å². The van der Waals surface area contributed by atoms with E-state index in [9.17, 15) is 4.79 Å². The topological polar surface area (TPSA) is 26.3 Å². The number of rotatable bonds is 6. The summed E-state index contributed by atoms with van der Waals surface area (Å²) < 4.78 is 6.40. The maximum atomic E-state index is 11.4. The molecule has 0 radical (unpaired) electrons. The molecule has 0 saturated carbocycles. The second-order valence-electron chi connectivity index (χ2n) is 3.94. The van der Waals surface area contributed by atoms with E-state index in [0.29, 0.717) is 13.6 Å². The fourth-order valence-electron chi connectivity index (χ4n) is 1.70. The number of hydrogen-bond acceptors (Lipinski definition) is 2. The first-order valence-electron chi connectivity index (χ1n) is 5.74. The molecule has 0 amide bonds. The van der Waals surface area contributed by atoms with Crippen molar-refractivity contribution in [2.75, 3.05) is 0 Å². The molecule has 0 fully saturated rings. The maximum Gasteiger partial charge on any atom is 0.351 e. The van der Waals surface area contributed by atoms with Crippen LogP contribution in [0.3, 0.4) is 0 Å². The molecule has 0 aromatic rings. The second-order valence-corrected chi connectivity index (χ2v) is 7.38. The lowest BCUT2D eigenvalue weighted by atomic mass is 10.1. The smallest absolute Gasteiger partial charge is 0.351 e. The number of esters is 1. The Bertz CT molecular complexity index is 355. The molecule has 2 nitrogen and oxygen atoms in total. The normalized spacial score (nSPS) is 15.5. The predicted octanol–water partition coefficient (Wildman–Crippen LogP) is 5.51. The number of ether oxygens (including phenoxy) is 1. The van der Waals surface area contributed by atoms with Crippen molar-refractivity contribution in [2.24, 2.45) is 0 Å². The third-order valence-corrected chi connectivity index (χ3v) is 4.14. The van der Waals surface area contributed by atoms with Crippen LogP contribution in [0.4, 0.5) is 0 Å². The molecule has 0 spiro atoms. The molecule has 96 valence electrons. The van der Waals surface area contributed by atoms with Gasteiger partial charge in [0.1, 0.15) is 7.87 Å². The van der Waals surface area contributed by atoms with Crippen LogP contribution >= 0.6 is 47.8 Å². The Morgan fingerprint density at radius 2 is 1.82 bits per heavy atom. The lowest BCUT2D eigenvalue weighted by Gasteiger charge is -2.04. The Labute approximate surface area is 127 Å². The SMILES string of the molecule is CCCCCCCC1=C(Br)C(=O)OC1=C(Br)Br. The lowest BCUT2D eigenvalue weighted by molar-refractivity contribution is -0.132. The first-order chi connectivity index (χ1) is 8.07. The summed E-state index contributed by atoms with van der Waals surface area (Å²) in [6, 6.07) is 0. The summed E-state index contributed by atoms with van der Waals surface area (Å²) in [4.78, 5) is 11.4. The molecule has 1 aliphatic rings. The van der Waals surface area contributed by atoms with E-state index in [2.05, 4.69) is 54.7 Å². The zero-order valence-electron chi connectivity index (χ0n) is 9.69. The van der Waals surface area contributed by atoms with E-state index in [1.807, 2.05) is 0 Å². The van der Waals surface area contributed by atoms with Crippen molar-refractivity contribution < 1.29 is 9.53 Å². The average Bonchev–Trinajstić information content (AvgIpc) is 2.57. The van der Waals surface area contributed by atoms with Crippen LogP contribution < -0.4 is 0 Å². The number of hydrogen-bond donors (Lipinski definition) is 0. The minimum Gasteiger partial charge on any atom is -0.420 e. The molecule has 17 heavy (non-hydrogen) atoms. The highest BCUT2D eigenvalue weighted by Gasteiger charge is 2.29. The van der Waals surface area contributed by atoms with Gasteiger partial charge in [-0.05, 0) is 60.6 Å². The molecule has 0 aromatic heterocycles. The fourth-order valence-corrected chi connectivity index (χ4v) is 2.80. The Balaban J connectivity index is 2.55. The minimum atomic E-state index is -0.306. The zero-order valence-corrected chi connectivity index (χ0v) is 14.5. The van der Waals surface area contributed by atoms with E-state index in [0.717, 1.165) is 18.4 Å². The molecular formula is C12H15Br3O2. The highest BCUT2D eigenvalue weighted by Crippen LogP contribution is 2.38. The van der Waals surface area contributed by atoms with Gasteiger partial charge in [0.05, 0.1) is 0 Å². The van der Waals surface area contributed by atoms with E-state index in [1.54, 1.807) is 0 Å². The predicted molar refractivity (Wildman–Crippen MR) is 80.3 cm³/mol. The highest BCUT2D eigenvalue weighted by molar-refractivity contribution is 9.28. The van der Waals surface area contributed by atoms with Gasteiger partial charge in [0.2, 0.25) is 0 Å². The van der Waals surface area contributed by atoms with Gasteiger partial charge < -0.3 is 4.74 Å². The second kappa shape index (κ2) is 7.74. The van der Waals surface area contributed by atoms with E-state index in [-0.39, 0.29) is 5.97 Å². The lowest BCUT2D eigenvalue weighted by Crippen LogP contribution is -1.93. The summed E-state index contributed by atoms with van der Waals surface area (Å²) >= 11 is 9.88. The largest absolute Gasteiger partial charge is 0.420 e. The standard InChI is InChI=1S/C12H15Br3O2/c1-2-3-4-5-6-7-8-9(13)12(16)17-10(8)11(14)15/h2-7H2,1H3. The van der Waals surface area contributed by atoms with Crippen LogP contribution in [0, 0.1) is 0 Å². The molecule has 5 heteroatoms. The molecular weight excluding hydrogens is 416 g/mol. The maximum absolute atomic E-state index is 11.4. The van der Waals surface area contributed by atoms with Gasteiger partial charge in [0.15, 0.2) is 5.76 Å². The third-order valence-electron chi connectivity index (χ3n) is 2.61. The monoisotopic (exact) mass is 428 g/mol. The summed E-state index contributed by atoms with van der Waals surface area (Å²) in [6.45, 7) is 2.20. The van der Waals surface area contributed by atoms with Gasteiger partial charge in [-0.1, -0.05) is 32.6 Å². The zero-order chi connectivity index (χ0) is 12.8. The van der Waals surface area contributed by atoms with Crippen LogP contribution in [0.1, 0.15) is 45.4 Å². The van der Waals surface area contributed by atoms with Gasteiger partial charge in [-0.15, -0.1) is 0 Å². The van der Waals surface area contributed by atoms with Gasteiger partial charge in [-0.2, -0.15) is 0 Å². The summed E-state index contributed by atoms with van der Waals surface area (Å²) in [6.07, 6.45) is 6.92. The average molecular weight is 431 g/mol. The summed E-state index contributed by atoms with van der Waals surface area (Å²) in [5.41, 5.74) is 0.954. The highest BCUT2D eigenvalue weighted by atomic mass is 79.9. The molecule has 1 rings (SSSR count). The van der Waals surface area contributed by atoms with Crippen LogP contribution in [-0.4, -0.2) is 5.97 Å². The van der Waals surface area contributed by atoms with Gasteiger partial charge >= 0.3 is 5.97 Å². The van der Waals surface area contributed by atoms with Crippen LogP contribution in [0.15, 0.2) is 19.2 Å². The summed E-state index contributed by atoms with van der Waals surface area (Å²) in [5.74, 6) is 0.303. The number of carbonyl (C=O) groups is 1. The molecule has 0 aliphatic carbocycles. The van der Waals surface area contributed by atoms with Gasteiger partial charge in [0, 0.05) is 5.57 Å². The third kappa shape index (κ3) is 4.52. The molecule has 0 atom stereocenters. The molecule has 0 bridgehead atoms. The van der Waals surface area contributed by atoms with Crippen LogP contribution in [0.25, 0.3) is 0 Å². The van der Waals surface area contributed by atoms with E-state index in [1.165, 1.54) is 25.7 Å². The summed E-state index contributed by atoms with van der Waals surface area (Å²) in [5, 5.41) is 0. The minimum absolute atomic E-state index is 0.306. The first-order valence-corrected chi connectivity index (χ1v) is 8.12. The molecule has 0 saturated heterocycles. The molecule has 0 N–H and O–H groups in total. The Morgan fingerprint density at radius 3 is 2.41 bits per heavy atom. The van der Waals surface area contributed by atoms with Gasteiger partial charge in [-0.25, -0.2) is 4.79 Å². The van der Waals surface area contributed by atoms with Crippen LogP contribution in [0.5, 0.6) is 0 Å². The Morgan fingerprint density at radius 1 is 1.18 bits per heavy atom. The number of halogens is 3. The van der Waals surface area contributed by atoms with Gasteiger partial charge in [0.25, 0.3) is 0 Å². The van der Waals surface area contributed by atoms with Crippen molar-refractivity contribution >= 4 is 53.8 Å². The van der Waals surface area contributed by atoms with Crippen molar-refractivity contribution in [2.45, 2.75) is 45.4 Å². The Kier molecular flexibility index (Phi) is 7.04. The quantitative estimate of drug-likeness (QED) is 0.410. The number of carbonyl (C=O) groups excluding carboxylic acids is 1. The first kappa shape index (κ1) is 15.4. The summed E-state index contributed by atoms with van der Waals surface area (Å²) in [7, 11) is 0. The van der Waals surface area contributed by atoms with Crippen molar-refractivity contribution in [3.63, 3.8) is 0 Å². The fraction of sp³-hybridized carbons (Fsp3) is 0.583. The number of allylic oxidation sites excluding steroid dienone is 1. The van der Waals surface area contributed by atoms with Crippen molar-refractivity contribution in [1.82, 2.24) is 0 Å². The molecule has 0 aromatic carbocycles. The van der Waals surface area contributed by atoms with E-state index < -0.39 is 0 Å². The van der Waals surface area contributed by atoms with Crippen LogP contribution in [0.2, 0.25) is 0 Å². The van der Waals surface area contributed by atoms with E-state index in [4.69, 9.17) is 4.74 Å². The van der Waals surface area contributed by atoms with Gasteiger partial charge in [-0.3, -0.25) is 0 Å². The van der Waals surface area contributed by atoms with Crippen molar-refractivity contribution in [3.05, 3.63) is 19.2 Å².